The van der Waals surface area contributed by atoms with Gasteiger partial charge in [-0.15, -0.1) is 10.2 Å². The lowest BCUT2D eigenvalue weighted by atomic mass is 10.0. The van der Waals surface area contributed by atoms with Gasteiger partial charge >= 0.3 is 5.63 Å². The van der Waals surface area contributed by atoms with Gasteiger partial charge in [-0.2, -0.15) is 0 Å². The summed E-state index contributed by atoms with van der Waals surface area (Å²) in [6.07, 6.45) is 0. The van der Waals surface area contributed by atoms with Crippen LogP contribution in [0, 0.1) is 13.8 Å². The molecule has 0 radical (unpaired) electrons. The number of nitrogen functional groups attached to an aromatic ring is 1. The number of ether oxygens (including phenoxy) is 1. The van der Waals surface area contributed by atoms with E-state index in [1.54, 1.807) is 0 Å². The maximum Gasteiger partial charge on any atom is 0.336 e. The van der Waals surface area contributed by atoms with Crippen molar-refractivity contribution >= 4 is 22.7 Å². The predicted octanol–water partition coefficient (Wildman–Crippen LogP) is 4.71. The molecule has 0 saturated carbocycles. The molecule has 0 spiro atoms. The van der Waals surface area contributed by atoms with Crippen molar-refractivity contribution in [2.45, 2.75) is 51.1 Å². The van der Waals surface area contributed by atoms with Crippen LogP contribution in [0.15, 0.2) is 56.8 Å². The fourth-order valence-corrected chi connectivity index (χ4v) is 4.21. The van der Waals surface area contributed by atoms with Crippen molar-refractivity contribution in [3.8, 4) is 5.75 Å². The Morgan fingerprint density at radius 2 is 1.81 bits per heavy atom. The number of hydrogen-bond donors (Lipinski definition) is 1. The Labute approximate surface area is 190 Å². The number of rotatable bonds is 7. The normalized spacial score (nSPS) is 11.4. The highest BCUT2D eigenvalue weighted by atomic mass is 32.2. The minimum Gasteiger partial charge on any atom is -0.486 e. The van der Waals surface area contributed by atoms with E-state index in [2.05, 4.69) is 36.2 Å². The van der Waals surface area contributed by atoms with E-state index in [9.17, 15) is 4.79 Å². The molecule has 8 heteroatoms. The third-order valence-corrected chi connectivity index (χ3v) is 6.44. The molecular formula is C24H26N4O3S. The van der Waals surface area contributed by atoms with Crippen molar-refractivity contribution < 1.29 is 9.15 Å². The molecule has 2 aromatic carbocycles. The van der Waals surface area contributed by atoms with Crippen molar-refractivity contribution in [1.29, 1.82) is 0 Å². The predicted molar refractivity (Wildman–Crippen MR) is 127 cm³/mol. The Kier molecular flexibility index (Phi) is 6.23. The fourth-order valence-electron chi connectivity index (χ4n) is 3.35. The van der Waals surface area contributed by atoms with E-state index in [4.69, 9.17) is 15.0 Å². The standard InChI is InChI=1S/C24H26N4O3S/c1-14(2)17-5-7-19(8-6-17)30-12-22-26-27-24(28(22)25)32-13-18-11-23(29)31-21-10-16(4)15(3)9-20(18)21/h5-11,14H,12-13,25H2,1-4H3. The molecule has 7 nitrogen and oxygen atoms in total. The van der Waals surface area contributed by atoms with E-state index < -0.39 is 0 Å². The molecule has 0 unspecified atom stereocenters. The Hall–Kier alpha value is -3.26. The number of nitrogens with zero attached hydrogens (tertiary/aromatic N) is 3. The highest BCUT2D eigenvalue weighted by Gasteiger charge is 2.14. The average Bonchev–Trinajstić information content (AvgIpc) is 3.11. The SMILES string of the molecule is Cc1cc2oc(=O)cc(CSc3nnc(COc4ccc(C(C)C)cc4)n3N)c2cc1C. The van der Waals surface area contributed by atoms with Gasteiger partial charge < -0.3 is 15.0 Å². The van der Waals surface area contributed by atoms with E-state index in [1.165, 1.54) is 28.1 Å². The number of benzene rings is 2. The zero-order chi connectivity index (χ0) is 22.8. The summed E-state index contributed by atoms with van der Waals surface area (Å²) in [6.45, 7) is 8.55. The summed E-state index contributed by atoms with van der Waals surface area (Å²) < 4.78 is 12.6. The van der Waals surface area contributed by atoms with E-state index >= 15 is 0 Å². The van der Waals surface area contributed by atoms with Crippen LogP contribution in [0.3, 0.4) is 0 Å². The van der Waals surface area contributed by atoms with Crippen LogP contribution in [-0.2, 0) is 12.4 Å². The zero-order valence-electron chi connectivity index (χ0n) is 18.6. The lowest BCUT2D eigenvalue weighted by molar-refractivity contribution is 0.291. The maximum atomic E-state index is 12.0. The molecule has 166 valence electrons. The van der Waals surface area contributed by atoms with E-state index in [1.807, 2.05) is 38.1 Å². The summed E-state index contributed by atoms with van der Waals surface area (Å²) >= 11 is 1.41. The maximum absolute atomic E-state index is 12.0. The molecule has 2 heterocycles. The minimum absolute atomic E-state index is 0.210. The summed E-state index contributed by atoms with van der Waals surface area (Å²) in [5, 5.41) is 9.80. The molecular weight excluding hydrogens is 424 g/mol. The molecule has 0 amide bonds. The molecule has 0 fully saturated rings. The van der Waals surface area contributed by atoms with E-state index in [0.717, 1.165) is 27.8 Å². The molecule has 0 aliphatic carbocycles. The first-order chi connectivity index (χ1) is 15.3. The summed E-state index contributed by atoms with van der Waals surface area (Å²) in [5.41, 5.74) is 4.56. The molecule has 32 heavy (non-hydrogen) atoms. The molecule has 2 N–H and O–H groups in total. The molecule has 0 saturated heterocycles. The monoisotopic (exact) mass is 450 g/mol. The summed E-state index contributed by atoms with van der Waals surface area (Å²) in [4.78, 5) is 12.0. The Balaban J connectivity index is 1.46. The third-order valence-electron chi connectivity index (χ3n) is 5.45. The lowest BCUT2D eigenvalue weighted by Crippen LogP contribution is -2.15. The number of nitrogens with two attached hydrogens (primary N) is 1. The van der Waals surface area contributed by atoms with Crippen molar-refractivity contribution in [3.63, 3.8) is 0 Å². The third kappa shape index (κ3) is 4.65. The van der Waals surface area contributed by atoms with Gasteiger partial charge in [0.2, 0.25) is 5.16 Å². The Morgan fingerprint density at radius 3 is 2.53 bits per heavy atom. The molecule has 0 atom stereocenters. The molecule has 4 rings (SSSR count). The van der Waals surface area contributed by atoms with Crippen molar-refractivity contribution in [3.05, 3.63) is 81.0 Å². The van der Waals surface area contributed by atoms with E-state index in [-0.39, 0.29) is 12.2 Å². The van der Waals surface area contributed by atoms with Gasteiger partial charge in [-0.1, -0.05) is 37.7 Å². The number of aromatic nitrogens is 3. The topological polar surface area (TPSA) is 96.2 Å². The molecule has 0 bridgehead atoms. The van der Waals surface area contributed by atoms with Crippen LogP contribution in [0.5, 0.6) is 5.75 Å². The molecule has 2 aromatic heterocycles. The quantitative estimate of drug-likeness (QED) is 0.247. The van der Waals surface area contributed by atoms with Crippen molar-refractivity contribution in [1.82, 2.24) is 14.9 Å². The molecule has 4 aromatic rings. The number of aryl methyl sites for hydroxylation is 2. The van der Waals surface area contributed by atoms with Crippen LogP contribution < -0.4 is 16.2 Å². The van der Waals surface area contributed by atoms with Crippen molar-refractivity contribution in [2.75, 3.05) is 5.84 Å². The smallest absolute Gasteiger partial charge is 0.336 e. The highest BCUT2D eigenvalue weighted by Crippen LogP contribution is 2.27. The van der Waals surface area contributed by atoms with Gasteiger partial charge in [0, 0.05) is 17.2 Å². The lowest BCUT2D eigenvalue weighted by Gasteiger charge is -2.09. The van der Waals surface area contributed by atoms with Crippen LogP contribution in [0.2, 0.25) is 0 Å². The van der Waals surface area contributed by atoms with Crippen LogP contribution in [-0.4, -0.2) is 14.9 Å². The van der Waals surface area contributed by atoms with Crippen LogP contribution in [0.25, 0.3) is 11.0 Å². The zero-order valence-corrected chi connectivity index (χ0v) is 19.4. The fraction of sp³-hybridized carbons (Fsp3) is 0.292. The highest BCUT2D eigenvalue weighted by molar-refractivity contribution is 7.98. The second-order valence-corrected chi connectivity index (χ2v) is 9.04. The summed E-state index contributed by atoms with van der Waals surface area (Å²) in [5.74, 6) is 8.44. The van der Waals surface area contributed by atoms with Crippen LogP contribution in [0.1, 0.15) is 47.8 Å². The summed E-state index contributed by atoms with van der Waals surface area (Å²) in [6, 6.07) is 13.5. The number of fused-ring (bicyclic) bond motifs is 1. The van der Waals surface area contributed by atoms with Gasteiger partial charge in [-0.3, -0.25) is 0 Å². The Bertz CT molecular complexity index is 1310. The first-order valence-corrected chi connectivity index (χ1v) is 11.4. The molecule has 0 aliphatic heterocycles. The van der Waals surface area contributed by atoms with Crippen LogP contribution in [0.4, 0.5) is 0 Å². The van der Waals surface area contributed by atoms with Gasteiger partial charge in [0.25, 0.3) is 0 Å². The average molecular weight is 451 g/mol. The van der Waals surface area contributed by atoms with Gasteiger partial charge in [-0.05, 0) is 66.3 Å². The Morgan fingerprint density at radius 1 is 1.09 bits per heavy atom. The van der Waals surface area contributed by atoms with Gasteiger partial charge in [0.05, 0.1) is 0 Å². The van der Waals surface area contributed by atoms with Gasteiger partial charge in [0.1, 0.15) is 17.9 Å². The molecule has 0 aliphatic rings. The second-order valence-electron chi connectivity index (χ2n) is 8.09. The van der Waals surface area contributed by atoms with E-state index in [0.29, 0.717) is 28.2 Å². The largest absolute Gasteiger partial charge is 0.486 e. The van der Waals surface area contributed by atoms with Crippen LogP contribution >= 0.6 is 11.8 Å². The summed E-state index contributed by atoms with van der Waals surface area (Å²) in [7, 11) is 0. The van der Waals surface area contributed by atoms with Crippen molar-refractivity contribution in [2.24, 2.45) is 0 Å². The first kappa shape index (κ1) is 22.0. The number of thioether (sulfide) groups is 1. The van der Waals surface area contributed by atoms with Gasteiger partial charge in [-0.25, -0.2) is 9.47 Å². The minimum atomic E-state index is -0.372. The van der Waals surface area contributed by atoms with Gasteiger partial charge in [0.15, 0.2) is 5.82 Å². The first-order valence-electron chi connectivity index (χ1n) is 10.4. The number of hydrogen-bond acceptors (Lipinski definition) is 7. The second kappa shape index (κ2) is 9.08.